The van der Waals surface area contributed by atoms with E-state index in [1.54, 1.807) is 24.3 Å². The average molecular weight is 278 g/mol. The number of hydrogen-bond donors (Lipinski definition) is 0. The normalized spacial score (nSPS) is 10.5. The first-order chi connectivity index (χ1) is 10.3. The van der Waals surface area contributed by atoms with Crippen molar-refractivity contribution in [1.29, 1.82) is 0 Å². The van der Waals surface area contributed by atoms with Gasteiger partial charge >= 0.3 is 0 Å². The summed E-state index contributed by atoms with van der Waals surface area (Å²) in [6.45, 7) is 2.52. The van der Waals surface area contributed by atoms with Crippen molar-refractivity contribution in [2.45, 2.75) is 6.92 Å². The minimum absolute atomic E-state index is 0.114. The van der Waals surface area contributed by atoms with Gasteiger partial charge in [0.05, 0.1) is 12.1 Å². The number of benzene rings is 2. The SMILES string of the molecule is CCOc1ccc(C(=O)c2ncnc3ccccc23)cc1. The first kappa shape index (κ1) is 13.2. The molecule has 1 aromatic heterocycles. The van der Waals surface area contributed by atoms with E-state index < -0.39 is 0 Å². The topological polar surface area (TPSA) is 52.1 Å². The van der Waals surface area contributed by atoms with Crippen LogP contribution in [0.5, 0.6) is 5.75 Å². The van der Waals surface area contributed by atoms with Crippen molar-refractivity contribution in [3.63, 3.8) is 0 Å². The predicted molar refractivity (Wildman–Crippen MR) is 80.6 cm³/mol. The van der Waals surface area contributed by atoms with Gasteiger partial charge in [0.15, 0.2) is 0 Å². The second kappa shape index (κ2) is 5.71. The highest BCUT2D eigenvalue weighted by Gasteiger charge is 2.14. The quantitative estimate of drug-likeness (QED) is 0.687. The molecule has 0 radical (unpaired) electrons. The Morgan fingerprint density at radius 3 is 2.57 bits per heavy atom. The molecule has 3 aromatic rings. The highest BCUT2D eigenvalue weighted by atomic mass is 16.5. The molecule has 2 aromatic carbocycles. The third kappa shape index (κ3) is 2.60. The maximum Gasteiger partial charge on any atom is 0.212 e. The number of hydrogen-bond acceptors (Lipinski definition) is 4. The molecule has 1 heterocycles. The van der Waals surface area contributed by atoms with E-state index in [4.69, 9.17) is 4.74 Å². The average Bonchev–Trinajstić information content (AvgIpc) is 2.55. The Bertz CT molecular complexity index is 777. The van der Waals surface area contributed by atoms with Gasteiger partial charge in [0.25, 0.3) is 0 Å². The molecule has 0 atom stereocenters. The summed E-state index contributed by atoms with van der Waals surface area (Å²) in [5.41, 5.74) is 1.77. The van der Waals surface area contributed by atoms with Crippen LogP contribution >= 0.6 is 0 Å². The molecule has 4 heteroatoms. The van der Waals surface area contributed by atoms with Crippen LogP contribution in [-0.2, 0) is 0 Å². The van der Waals surface area contributed by atoms with Crippen LogP contribution in [0, 0.1) is 0 Å². The number of aromatic nitrogens is 2. The Kier molecular flexibility index (Phi) is 3.60. The fourth-order valence-electron chi connectivity index (χ4n) is 2.19. The molecule has 0 spiro atoms. The molecule has 0 aliphatic carbocycles. The predicted octanol–water partition coefficient (Wildman–Crippen LogP) is 3.26. The molecule has 3 rings (SSSR count). The van der Waals surface area contributed by atoms with Gasteiger partial charge in [0.2, 0.25) is 5.78 Å². The lowest BCUT2D eigenvalue weighted by molar-refractivity contribution is 0.103. The lowest BCUT2D eigenvalue weighted by Crippen LogP contribution is -2.05. The molecule has 4 nitrogen and oxygen atoms in total. The molecule has 0 amide bonds. The molecule has 0 bridgehead atoms. The molecule has 0 N–H and O–H groups in total. The van der Waals surface area contributed by atoms with Crippen LogP contribution in [0.25, 0.3) is 10.9 Å². The van der Waals surface area contributed by atoms with E-state index >= 15 is 0 Å². The maximum atomic E-state index is 12.6. The number of ether oxygens (including phenoxy) is 1. The fourth-order valence-corrected chi connectivity index (χ4v) is 2.19. The van der Waals surface area contributed by atoms with Gasteiger partial charge in [-0.25, -0.2) is 9.97 Å². The summed E-state index contributed by atoms with van der Waals surface area (Å²) in [4.78, 5) is 20.9. The summed E-state index contributed by atoms with van der Waals surface area (Å²) in [5.74, 6) is 0.637. The Balaban J connectivity index is 2.00. The van der Waals surface area contributed by atoms with Crippen LogP contribution in [-0.4, -0.2) is 22.4 Å². The summed E-state index contributed by atoms with van der Waals surface area (Å²) in [7, 11) is 0. The second-order valence-electron chi connectivity index (χ2n) is 4.53. The van der Waals surface area contributed by atoms with Gasteiger partial charge in [-0.05, 0) is 37.3 Å². The zero-order valence-corrected chi connectivity index (χ0v) is 11.6. The highest BCUT2D eigenvalue weighted by molar-refractivity contribution is 6.14. The van der Waals surface area contributed by atoms with Gasteiger partial charge in [-0.1, -0.05) is 18.2 Å². The second-order valence-corrected chi connectivity index (χ2v) is 4.53. The molecule has 104 valence electrons. The van der Waals surface area contributed by atoms with E-state index in [1.807, 2.05) is 31.2 Å². The monoisotopic (exact) mass is 278 g/mol. The lowest BCUT2D eigenvalue weighted by Gasteiger charge is -2.06. The number of rotatable bonds is 4. The summed E-state index contributed by atoms with van der Waals surface area (Å²) in [5, 5.41) is 0.763. The molecule has 21 heavy (non-hydrogen) atoms. The molecule has 0 fully saturated rings. The van der Waals surface area contributed by atoms with Gasteiger partial charge in [-0.2, -0.15) is 0 Å². The van der Waals surface area contributed by atoms with Gasteiger partial charge in [-0.3, -0.25) is 4.79 Å². The number of carbonyl (C=O) groups excluding carboxylic acids is 1. The van der Waals surface area contributed by atoms with Crippen LogP contribution < -0.4 is 4.74 Å². The number of ketones is 1. The van der Waals surface area contributed by atoms with Crippen LogP contribution in [0.4, 0.5) is 0 Å². The highest BCUT2D eigenvalue weighted by Crippen LogP contribution is 2.19. The van der Waals surface area contributed by atoms with E-state index in [-0.39, 0.29) is 5.78 Å². The minimum Gasteiger partial charge on any atom is -0.494 e. The molecular weight excluding hydrogens is 264 g/mol. The van der Waals surface area contributed by atoms with E-state index in [0.717, 1.165) is 16.7 Å². The summed E-state index contributed by atoms with van der Waals surface area (Å²) in [6, 6.07) is 14.6. The van der Waals surface area contributed by atoms with E-state index in [9.17, 15) is 4.79 Å². The van der Waals surface area contributed by atoms with E-state index in [0.29, 0.717) is 17.9 Å². The first-order valence-electron chi connectivity index (χ1n) is 6.77. The van der Waals surface area contributed by atoms with Crippen molar-refractivity contribution < 1.29 is 9.53 Å². The first-order valence-corrected chi connectivity index (χ1v) is 6.77. The Morgan fingerprint density at radius 1 is 1.05 bits per heavy atom. The Labute approximate surface area is 122 Å². The minimum atomic E-state index is -0.114. The number of carbonyl (C=O) groups is 1. The lowest BCUT2D eigenvalue weighted by atomic mass is 10.0. The van der Waals surface area contributed by atoms with Crippen LogP contribution in [0.15, 0.2) is 54.9 Å². The zero-order chi connectivity index (χ0) is 14.7. The molecule has 0 aliphatic heterocycles. The van der Waals surface area contributed by atoms with Crippen molar-refractivity contribution in [3.05, 3.63) is 66.1 Å². The van der Waals surface area contributed by atoms with Crippen molar-refractivity contribution in [2.75, 3.05) is 6.61 Å². The van der Waals surface area contributed by atoms with Crippen molar-refractivity contribution in [2.24, 2.45) is 0 Å². The van der Waals surface area contributed by atoms with Crippen LogP contribution in [0.3, 0.4) is 0 Å². The van der Waals surface area contributed by atoms with Gasteiger partial charge in [0, 0.05) is 10.9 Å². The van der Waals surface area contributed by atoms with Crippen LogP contribution in [0.1, 0.15) is 23.0 Å². The molecular formula is C17H14N2O2. The third-order valence-corrected chi connectivity index (χ3v) is 3.19. The molecule has 0 unspecified atom stereocenters. The molecule has 0 saturated carbocycles. The summed E-state index contributed by atoms with van der Waals surface area (Å²) >= 11 is 0. The number of fused-ring (bicyclic) bond motifs is 1. The number of nitrogens with zero attached hydrogens (tertiary/aromatic N) is 2. The smallest absolute Gasteiger partial charge is 0.212 e. The summed E-state index contributed by atoms with van der Waals surface area (Å²) < 4.78 is 5.38. The summed E-state index contributed by atoms with van der Waals surface area (Å²) in [6.07, 6.45) is 1.42. The van der Waals surface area contributed by atoms with Gasteiger partial charge < -0.3 is 4.74 Å². The molecule has 0 aliphatic rings. The van der Waals surface area contributed by atoms with Gasteiger partial charge in [0.1, 0.15) is 17.8 Å². The number of para-hydroxylation sites is 1. The Morgan fingerprint density at radius 2 is 1.81 bits per heavy atom. The standard InChI is InChI=1S/C17H14N2O2/c1-2-21-13-9-7-12(8-10-13)17(20)16-14-5-3-4-6-15(14)18-11-19-16/h3-11H,2H2,1H3. The zero-order valence-electron chi connectivity index (χ0n) is 11.6. The largest absolute Gasteiger partial charge is 0.494 e. The van der Waals surface area contributed by atoms with Crippen molar-refractivity contribution >= 4 is 16.7 Å². The van der Waals surface area contributed by atoms with E-state index in [1.165, 1.54) is 6.33 Å². The Hall–Kier alpha value is -2.75. The maximum absolute atomic E-state index is 12.6. The van der Waals surface area contributed by atoms with Gasteiger partial charge in [-0.15, -0.1) is 0 Å². The van der Waals surface area contributed by atoms with Crippen molar-refractivity contribution in [3.8, 4) is 5.75 Å². The molecule has 0 saturated heterocycles. The van der Waals surface area contributed by atoms with Crippen LogP contribution in [0.2, 0.25) is 0 Å². The fraction of sp³-hybridized carbons (Fsp3) is 0.118. The van der Waals surface area contributed by atoms with Crippen molar-refractivity contribution in [1.82, 2.24) is 9.97 Å². The third-order valence-electron chi connectivity index (χ3n) is 3.19. The van der Waals surface area contributed by atoms with E-state index in [2.05, 4.69) is 9.97 Å².